The van der Waals surface area contributed by atoms with Crippen molar-refractivity contribution in [3.8, 4) is 0 Å². The van der Waals surface area contributed by atoms with Crippen LogP contribution in [-0.2, 0) is 4.84 Å². The molecule has 1 radical (unpaired) electrons. The van der Waals surface area contributed by atoms with E-state index in [1.54, 1.807) is 0 Å². The summed E-state index contributed by atoms with van der Waals surface area (Å²) in [6.07, 6.45) is 0. The molecule has 0 saturated carbocycles. The highest BCUT2D eigenvalue weighted by molar-refractivity contribution is 5.42. The van der Waals surface area contributed by atoms with E-state index in [1.807, 2.05) is 0 Å². The first kappa shape index (κ1) is 4.40. The van der Waals surface area contributed by atoms with Crippen LogP contribution in [0, 0.1) is 0 Å². The van der Waals surface area contributed by atoms with Crippen LogP contribution in [-0.4, -0.2) is 13.6 Å². The van der Waals surface area contributed by atoms with Crippen LogP contribution in [0.15, 0.2) is 5.16 Å². The zero-order valence-corrected chi connectivity index (χ0v) is 2.73. The number of rotatable bonds is 1. The van der Waals surface area contributed by atoms with Crippen LogP contribution in [0.5, 0.6) is 0 Å². The van der Waals surface area contributed by atoms with Gasteiger partial charge < -0.3 is 4.84 Å². The van der Waals surface area contributed by atoms with Crippen molar-refractivity contribution in [1.82, 2.24) is 0 Å². The van der Waals surface area contributed by atoms with E-state index in [4.69, 9.17) is 0 Å². The molecular formula is C2H3FNO. The minimum absolute atomic E-state index is 0.920. The second-order valence-corrected chi connectivity index (χ2v) is 0.358. The van der Waals surface area contributed by atoms with Gasteiger partial charge in [-0.1, -0.05) is 5.16 Å². The van der Waals surface area contributed by atoms with Gasteiger partial charge in [0.05, 0.1) is 0 Å². The van der Waals surface area contributed by atoms with E-state index in [9.17, 15) is 4.39 Å². The molecule has 0 N–H and O–H groups in total. The molecule has 0 aromatic heterocycles. The Morgan fingerprint density at radius 1 is 2.00 bits per heavy atom. The second-order valence-electron chi connectivity index (χ2n) is 0.358. The van der Waals surface area contributed by atoms with Gasteiger partial charge in [0.2, 0.25) is 0 Å². The number of hydrogen-bond acceptors (Lipinski definition) is 2. The summed E-state index contributed by atoms with van der Waals surface area (Å²) in [6, 6.07) is 0. The van der Waals surface area contributed by atoms with Gasteiger partial charge in [0.15, 0.2) is 0 Å². The van der Waals surface area contributed by atoms with E-state index in [0.29, 0.717) is 0 Å². The lowest BCUT2D eigenvalue weighted by molar-refractivity contribution is 0.211. The SMILES string of the molecule is CO/N=[C]/F. The molecule has 0 aliphatic carbocycles. The molecule has 0 heterocycles. The highest BCUT2D eigenvalue weighted by atomic mass is 19.1. The highest BCUT2D eigenvalue weighted by Crippen LogP contribution is 1.59. The average molecular weight is 76.0 g/mol. The Morgan fingerprint density at radius 2 is 2.60 bits per heavy atom. The zero-order valence-electron chi connectivity index (χ0n) is 2.73. The van der Waals surface area contributed by atoms with Crippen LogP contribution >= 0.6 is 0 Å². The molecular weight excluding hydrogens is 73.0 g/mol. The van der Waals surface area contributed by atoms with Gasteiger partial charge >= 0.3 is 6.47 Å². The monoisotopic (exact) mass is 76.0 g/mol. The van der Waals surface area contributed by atoms with Crippen LogP contribution < -0.4 is 0 Å². The summed E-state index contributed by atoms with van der Waals surface area (Å²) >= 11 is 0. The first-order valence-corrected chi connectivity index (χ1v) is 1.00. The molecule has 0 unspecified atom stereocenters. The van der Waals surface area contributed by atoms with E-state index < -0.39 is 0 Å². The number of nitrogens with zero attached hydrogens (tertiary/aromatic N) is 1. The molecule has 0 spiro atoms. The first-order chi connectivity index (χ1) is 2.41. The molecule has 0 aliphatic rings. The first-order valence-electron chi connectivity index (χ1n) is 1.00. The van der Waals surface area contributed by atoms with E-state index in [2.05, 4.69) is 9.99 Å². The molecule has 0 aliphatic heterocycles. The second kappa shape index (κ2) is 3.40. The molecule has 0 amide bonds. The van der Waals surface area contributed by atoms with Crippen LogP contribution in [0.3, 0.4) is 0 Å². The third kappa shape index (κ3) is 3.40. The summed E-state index contributed by atoms with van der Waals surface area (Å²) in [6.45, 7) is 0.920. The van der Waals surface area contributed by atoms with Crippen molar-refractivity contribution in [3.63, 3.8) is 0 Å². The van der Waals surface area contributed by atoms with Crippen LogP contribution in [0.1, 0.15) is 0 Å². The summed E-state index contributed by atoms with van der Waals surface area (Å²) in [5.74, 6) is 0. The summed E-state index contributed by atoms with van der Waals surface area (Å²) < 4.78 is 10.5. The predicted octanol–water partition coefficient (Wildman–Crippen LogP) is 0.423. The lowest BCUT2D eigenvalue weighted by Crippen LogP contribution is -1.61. The lowest BCUT2D eigenvalue weighted by atomic mass is 11.6. The van der Waals surface area contributed by atoms with Gasteiger partial charge in [-0.3, -0.25) is 0 Å². The molecule has 29 valence electrons. The number of halogens is 1. The molecule has 5 heavy (non-hydrogen) atoms. The molecule has 0 fully saturated rings. The van der Waals surface area contributed by atoms with Crippen molar-refractivity contribution in [3.05, 3.63) is 0 Å². The molecule has 0 bridgehead atoms. The Kier molecular flexibility index (Phi) is 2.99. The Morgan fingerprint density at radius 3 is 2.60 bits per heavy atom. The van der Waals surface area contributed by atoms with Gasteiger partial charge in [-0.05, 0) is 0 Å². The molecule has 0 atom stereocenters. The molecule has 0 saturated heterocycles. The van der Waals surface area contributed by atoms with Gasteiger partial charge in [-0.25, -0.2) is 0 Å². The van der Waals surface area contributed by atoms with Crippen molar-refractivity contribution >= 4 is 6.47 Å². The van der Waals surface area contributed by atoms with Gasteiger partial charge in [0.25, 0.3) is 0 Å². The largest absolute Gasteiger partial charge is 0.397 e. The van der Waals surface area contributed by atoms with Crippen molar-refractivity contribution in [2.45, 2.75) is 0 Å². The third-order valence-electron chi connectivity index (χ3n) is 0.126. The maximum Gasteiger partial charge on any atom is 0.307 e. The van der Waals surface area contributed by atoms with Gasteiger partial charge in [-0.15, -0.1) is 0 Å². The van der Waals surface area contributed by atoms with Crippen LogP contribution in [0.25, 0.3) is 0 Å². The fourth-order valence-corrected chi connectivity index (χ4v) is 0.0345. The third-order valence-corrected chi connectivity index (χ3v) is 0.126. The summed E-state index contributed by atoms with van der Waals surface area (Å²) in [7, 11) is 1.24. The lowest BCUT2D eigenvalue weighted by Gasteiger charge is -1.71. The van der Waals surface area contributed by atoms with Crippen LogP contribution in [0.4, 0.5) is 4.39 Å². The van der Waals surface area contributed by atoms with Gasteiger partial charge in [0.1, 0.15) is 7.11 Å². The van der Waals surface area contributed by atoms with E-state index in [1.165, 1.54) is 7.11 Å². The number of hydrogen-bond donors (Lipinski definition) is 0. The highest BCUT2D eigenvalue weighted by Gasteiger charge is 1.54. The van der Waals surface area contributed by atoms with Gasteiger partial charge in [0, 0.05) is 0 Å². The topological polar surface area (TPSA) is 21.6 Å². The van der Waals surface area contributed by atoms with E-state index in [-0.39, 0.29) is 0 Å². The summed E-state index contributed by atoms with van der Waals surface area (Å²) in [5.41, 5.74) is 0. The van der Waals surface area contributed by atoms with Crippen molar-refractivity contribution in [1.29, 1.82) is 0 Å². The van der Waals surface area contributed by atoms with Gasteiger partial charge in [-0.2, -0.15) is 4.39 Å². The average Bonchev–Trinajstić information content (AvgIpc) is 1.41. The normalized spacial score (nSPS) is 9.20. The minimum Gasteiger partial charge on any atom is -0.397 e. The maximum atomic E-state index is 10.5. The predicted molar refractivity (Wildman–Crippen MR) is 15.6 cm³/mol. The Bertz CT molecular complexity index is 36.6. The van der Waals surface area contributed by atoms with Crippen molar-refractivity contribution in [2.75, 3.05) is 7.11 Å². The smallest absolute Gasteiger partial charge is 0.307 e. The Balaban J connectivity index is 2.62. The fourth-order valence-electron chi connectivity index (χ4n) is 0.0345. The molecule has 2 nitrogen and oxygen atoms in total. The van der Waals surface area contributed by atoms with E-state index in [0.717, 1.165) is 6.47 Å². The Hall–Kier alpha value is -0.600. The van der Waals surface area contributed by atoms with Crippen molar-refractivity contribution in [2.24, 2.45) is 5.16 Å². The zero-order chi connectivity index (χ0) is 4.12. The Labute approximate surface area is 29.2 Å². The summed E-state index contributed by atoms with van der Waals surface area (Å²) in [5, 5.41) is 2.56. The summed E-state index contributed by atoms with van der Waals surface area (Å²) in [4.78, 5) is 3.83. The molecule has 0 aromatic rings. The molecule has 0 rings (SSSR count). The van der Waals surface area contributed by atoms with Crippen molar-refractivity contribution < 1.29 is 9.23 Å². The standard InChI is InChI=1S/C2H3FNO/c1-5-4-2-3/h1H3. The minimum atomic E-state index is 0.920. The fraction of sp³-hybridized carbons (Fsp3) is 0.500. The van der Waals surface area contributed by atoms with Crippen LogP contribution in [0.2, 0.25) is 0 Å². The molecule has 3 heteroatoms. The molecule has 0 aromatic carbocycles. The van der Waals surface area contributed by atoms with E-state index >= 15 is 0 Å². The maximum absolute atomic E-state index is 10.5. The quantitative estimate of drug-likeness (QED) is 0.327.